The van der Waals surface area contributed by atoms with E-state index in [2.05, 4.69) is 13.8 Å². The van der Waals surface area contributed by atoms with Crippen molar-refractivity contribution in [3.63, 3.8) is 0 Å². The summed E-state index contributed by atoms with van der Waals surface area (Å²) in [5.74, 6) is 0.0416. The van der Waals surface area contributed by atoms with Crippen LogP contribution in [-0.2, 0) is 4.79 Å². The number of unbranched alkanes of at least 4 members (excludes halogenated alkanes) is 9. The van der Waals surface area contributed by atoms with Gasteiger partial charge in [0, 0.05) is 6.08 Å². The first-order chi connectivity index (χ1) is 10.0. The first kappa shape index (κ1) is 20.2. The zero-order valence-corrected chi connectivity index (χ0v) is 14.5. The maximum absolute atomic E-state index is 10.5. The average Bonchev–Trinajstić information content (AvgIpc) is 2.38. The lowest BCUT2D eigenvalue weighted by molar-refractivity contribution is -0.131. The van der Waals surface area contributed by atoms with E-state index in [1.54, 1.807) is 0 Å². The lowest BCUT2D eigenvalue weighted by atomic mass is 10.0. The van der Waals surface area contributed by atoms with Gasteiger partial charge in [0.1, 0.15) is 0 Å². The molecule has 0 saturated heterocycles. The van der Waals surface area contributed by atoms with Crippen molar-refractivity contribution in [1.29, 1.82) is 0 Å². The van der Waals surface area contributed by atoms with Gasteiger partial charge >= 0.3 is 5.97 Å². The zero-order chi connectivity index (χ0) is 15.9. The third kappa shape index (κ3) is 17.2. The van der Waals surface area contributed by atoms with E-state index in [-0.39, 0.29) is 0 Å². The molecule has 0 spiro atoms. The molecule has 0 aromatic heterocycles. The molecule has 0 fully saturated rings. The van der Waals surface area contributed by atoms with Gasteiger partial charge in [-0.15, -0.1) is 0 Å². The van der Waals surface area contributed by atoms with E-state index in [1.807, 2.05) is 6.92 Å². The van der Waals surface area contributed by atoms with Crippen LogP contribution in [0.4, 0.5) is 0 Å². The smallest absolute Gasteiger partial charge is 0.328 e. The second kappa shape index (κ2) is 14.2. The predicted octanol–water partition coefficient (Wildman–Crippen LogP) is 6.35. The number of carbonyl (C=O) groups is 1. The molecule has 0 aromatic carbocycles. The molecule has 0 bridgehead atoms. The van der Waals surface area contributed by atoms with Gasteiger partial charge in [-0.2, -0.15) is 0 Å². The average molecular weight is 296 g/mol. The van der Waals surface area contributed by atoms with E-state index in [9.17, 15) is 4.79 Å². The molecule has 0 unspecified atom stereocenters. The van der Waals surface area contributed by atoms with Crippen LogP contribution in [0, 0.1) is 5.92 Å². The van der Waals surface area contributed by atoms with Crippen molar-refractivity contribution in [2.45, 2.75) is 97.8 Å². The molecule has 0 aliphatic carbocycles. The molecular weight excluding hydrogens is 260 g/mol. The summed E-state index contributed by atoms with van der Waals surface area (Å²) in [6, 6.07) is 0. The number of aliphatic carboxylic acids is 1. The Hall–Kier alpha value is -0.790. The van der Waals surface area contributed by atoms with Crippen LogP contribution < -0.4 is 0 Å². The Morgan fingerprint density at radius 2 is 1.29 bits per heavy atom. The molecule has 1 N–H and O–H groups in total. The van der Waals surface area contributed by atoms with E-state index < -0.39 is 5.97 Å². The Labute approximate surface area is 132 Å². The highest BCUT2D eigenvalue weighted by atomic mass is 16.4. The third-order valence-corrected chi connectivity index (χ3v) is 3.97. The van der Waals surface area contributed by atoms with Crippen LogP contribution in [0.15, 0.2) is 11.6 Å². The summed E-state index contributed by atoms with van der Waals surface area (Å²) < 4.78 is 0. The standard InChI is InChI=1S/C19H36O2/c1-17(2)14-12-10-8-6-4-5-7-9-11-13-15-18(3)16-19(20)21/h16-17H,4-15H2,1-3H3,(H,20,21)/b18-16+. The van der Waals surface area contributed by atoms with Gasteiger partial charge < -0.3 is 5.11 Å². The van der Waals surface area contributed by atoms with Crippen molar-refractivity contribution >= 4 is 5.97 Å². The SMILES string of the molecule is C/C(=C\C(=O)O)CCCCCCCCCCCCC(C)C. The minimum Gasteiger partial charge on any atom is -0.478 e. The predicted molar refractivity (Wildman–Crippen MR) is 91.6 cm³/mol. The van der Waals surface area contributed by atoms with E-state index >= 15 is 0 Å². The number of rotatable bonds is 14. The molecule has 124 valence electrons. The maximum Gasteiger partial charge on any atom is 0.328 e. The van der Waals surface area contributed by atoms with E-state index in [4.69, 9.17) is 5.11 Å². The summed E-state index contributed by atoms with van der Waals surface area (Å²) >= 11 is 0. The number of allylic oxidation sites excluding steroid dienone is 1. The summed E-state index contributed by atoms with van der Waals surface area (Å²) in [7, 11) is 0. The molecule has 0 radical (unpaired) electrons. The molecule has 0 rings (SSSR count). The zero-order valence-electron chi connectivity index (χ0n) is 14.5. The van der Waals surface area contributed by atoms with Gasteiger partial charge in [-0.25, -0.2) is 4.79 Å². The Bertz CT molecular complexity index is 279. The van der Waals surface area contributed by atoms with Crippen LogP contribution >= 0.6 is 0 Å². The molecule has 2 heteroatoms. The lowest BCUT2D eigenvalue weighted by Gasteiger charge is -2.05. The van der Waals surface area contributed by atoms with Gasteiger partial charge in [-0.3, -0.25) is 0 Å². The van der Waals surface area contributed by atoms with Gasteiger partial charge in [0.25, 0.3) is 0 Å². The number of hydrogen-bond donors (Lipinski definition) is 1. The number of carboxylic acids is 1. The monoisotopic (exact) mass is 296 g/mol. The molecule has 0 heterocycles. The fourth-order valence-electron chi connectivity index (χ4n) is 2.65. The van der Waals surface area contributed by atoms with E-state index in [0.717, 1.165) is 24.3 Å². The molecule has 0 atom stereocenters. The highest BCUT2D eigenvalue weighted by Gasteiger charge is 1.97. The van der Waals surface area contributed by atoms with Gasteiger partial charge in [0.05, 0.1) is 0 Å². The van der Waals surface area contributed by atoms with Crippen LogP contribution in [0.1, 0.15) is 97.8 Å². The highest BCUT2D eigenvalue weighted by Crippen LogP contribution is 2.14. The summed E-state index contributed by atoms with van der Waals surface area (Å²) in [4.78, 5) is 10.5. The van der Waals surface area contributed by atoms with E-state index in [1.165, 1.54) is 70.3 Å². The highest BCUT2D eigenvalue weighted by molar-refractivity contribution is 5.80. The van der Waals surface area contributed by atoms with Crippen molar-refractivity contribution in [1.82, 2.24) is 0 Å². The minimum atomic E-state index is -0.819. The molecule has 0 aliphatic rings. The van der Waals surface area contributed by atoms with Crippen molar-refractivity contribution in [3.8, 4) is 0 Å². The van der Waals surface area contributed by atoms with Gasteiger partial charge in [-0.1, -0.05) is 83.6 Å². The van der Waals surface area contributed by atoms with Crippen LogP contribution in [0.5, 0.6) is 0 Å². The molecule has 0 amide bonds. The van der Waals surface area contributed by atoms with E-state index in [0.29, 0.717) is 0 Å². The maximum atomic E-state index is 10.5. The summed E-state index contributed by atoms with van der Waals surface area (Å²) in [5.41, 5.74) is 0.990. The van der Waals surface area contributed by atoms with Crippen molar-refractivity contribution < 1.29 is 9.90 Å². The second-order valence-corrected chi connectivity index (χ2v) is 6.80. The first-order valence-corrected chi connectivity index (χ1v) is 8.92. The summed E-state index contributed by atoms with van der Waals surface area (Å²) in [6.07, 6.45) is 17.0. The van der Waals surface area contributed by atoms with Crippen LogP contribution in [0.3, 0.4) is 0 Å². The number of hydrogen-bond acceptors (Lipinski definition) is 1. The topological polar surface area (TPSA) is 37.3 Å². The van der Waals surface area contributed by atoms with Gasteiger partial charge in [-0.05, 0) is 25.7 Å². The third-order valence-electron chi connectivity index (χ3n) is 3.97. The largest absolute Gasteiger partial charge is 0.478 e. The van der Waals surface area contributed by atoms with Crippen molar-refractivity contribution in [3.05, 3.63) is 11.6 Å². The first-order valence-electron chi connectivity index (χ1n) is 8.92. The fraction of sp³-hybridized carbons (Fsp3) is 0.842. The Balaban J connectivity index is 3.18. The Morgan fingerprint density at radius 1 is 0.857 bits per heavy atom. The van der Waals surface area contributed by atoms with Crippen LogP contribution in [0.25, 0.3) is 0 Å². The minimum absolute atomic E-state index is 0.819. The molecule has 2 nitrogen and oxygen atoms in total. The molecule has 0 saturated carbocycles. The lowest BCUT2D eigenvalue weighted by Crippen LogP contribution is -1.90. The molecule has 21 heavy (non-hydrogen) atoms. The van der Waals surface area contributed by atoms with Gasteiger partial charge in [0.2, 0.25) is 0 Å². The molecular formula is C19H36O2. The number of carboxylic acid groups (broad SMARTS) is 1. The second-order valence-electron chi connectivity index (χ2n) is 6.80. The van der Waals surface area contributed by atoms with Crippen LogP contribution in [0.2, 0.25) is 0 Å². The quantitative estimate of drug-likeness (QED) is 0.299. The summed E-state index contributed by atoms with van der Waals surface area (Å²) in [6.45, 7) is 6.52. The fourth-order valence-corrected chi connectivity index (χ4v) is 2.65. The van der Waals surface area contributed by atoms with Crippen molar-refractivity contribution in [2.24, 2.45) is 5.92 Å². The van der Waals surface area contributed by atoms with Gasteiger partial charge in [0.15, 0.2) is 0 Å². The summed E-state index contributed by atoms with van der Waals surface area (Å²) in [5, 5.41) is 8.61. The Kier molecular flexibility index (Phi) is 13.6. The molecule has 0 aliphatic heterocycles. The Morgan fingerprint density at radius 3 is 1.71 bits per heavy atom. The molecule has 0 aromatic rings. The van der Waals surface area contributed by atoms with Crippen LogP contribution in [-0.4, -0.2) is 11.1 Å². The normalized spacial score (nSPS) is 12.1. The van der Waals surface area contributed by atoms with Crippen molar-refractivity contribution in [2.75, 3.05) is 0 Å².